The zero-order valence-corrected chi connectivity index (χ0v) is 5.86. The second-order valence-corrected chi connectivity index (χ2v) is 2.44. The normalized spacial score (nSPS) is 23.5. The van der Waals surface area contributed by atoms with Crippen molar-refractivity contribution >= 4 is 5.71 Å². The maximum Gasteiger partial charge on any atom is 0.103 e. The molecule has 2 rings (SSSR count). The highest BCUT2D eigenvalue weighted by molar-refractivity contribution is 6.07. The van der Waals surface area contributed by atoms with E-state index in [-0.39, 0.29) is 0 Å². The van der Waals surface area contributed by atoms with Crippen LogP contribution in [-0.4, -0.2) is 10.9 Å². The Labute approximate surface area is 64.5 Å². The summed E-state index contributed by atoms with van der Waals surface area (Å²) in [6.45, 7) is 0. The summed E-state index contributed by atoms with van der Waals surface area (Å²) >= 11 is 0. The largest absolute Gasteiger partial charge is 0.410 e. The van der Waals surface area contributed by atoms with Crippen LogP contribution >= 0.6 is 0 Å². The van der Waals surface area contributed by atoms with Crippen molar-refractivity contribution in [3.05, 3.63) is 47.6 Å². The fourth-order valence-corrected chi connectivity index (χ4v) is 1.18. The molecule has 0 bridgehead atoms. The molecule has 0 radical (unpaired) electrons. The topological polar surface area (TPSA) is 32.6 Å². The van der Waals surface area contributed by atoms with E-state index in [1.165, 1.54) is 5.57 Å². The van der Waals surface area contributed by atoms with E-state index < -0.39 is 0 Å². The van der Waals surface area contributed by atoms with Gasteiger partial charge in [0.2, 0.25) is 0 Å². The third-order valence-electron chi connectivity index (χ3n) is 1.74. The number of rotatable bonds is 0. The molecule has 0 heterocycles. The molecule has 1 N–H and O–H groups in total. The van der Waals surface area contributed by atoms with Crippen LogP contribution in [0, 0.1) is 0 Å². The van der Waals surface area contributed by atoms with E-state index in [1.807, 2.05) is 30.4 Å². The molecule has 11 heavy (non-hydrogen) atoms. The van der Waals surface area contributed by atoms with Crippen LogP contribution in [0.2, 0.25) is 0 Å². The van der Waals surface area contributed by atoms with Crippen LogP contribution in [-0.2, 0) is 0 Å². The lowest BCUT2D eigenvalue weighted by Gasteiger charge is -2.03. The van der Waals surface area contributed by atoms with Gasteiger partial charge in [0.1, 0.15) is 5.71 Å². The van der Waals surface area contributed by atoms with E-state index in [9.17, 15) is 0 Å². The SMILES string of the molecule is ON=C1C=CC2=CC=CC2=C1. The minimum Gasteiger partial charge on any atom is -0.410 e. The molecule has 0 saturated carbocycles. The number of nitrogens with zero attached hydrogens (tertiary/aromatic N) is 1. The van der Waals surface area contributed by atoms with Crippen molar-refractivity contribution in [3.8, 4) is 0 Å². The molecule has 0 saturated heterocycles. The maximum atomic E-state index is 8.46. The van der Waals surface area contributed by atoms with Gasteiger partial charge in [-0.1, -0.05) is 29.5 Å². The molecule has 2 heteroatoms. The van der Waals surface area contributed by atoms with Gasteiger partial charge < -0.3 is 5.21 Å². The molecule has 0 unspecified atom stereocenters. The molecule has 0 atom stereocenters. The molecular weight excluding hydrogens is 138 g/mol. The lowest BCUT2D eigenvalue weighted by molar-refractivity contribution is 0.320. The van der Waals surface area contributed by atoms with E-state index in [4.69, 9.17) is 5.21 Å². The number of oxime groups is 1. The third kappa shape index (κ3) is 0.923. The summed E-state index contributed by atoms with van der Waals surface area (Å²) in [6, 6.07) is 0. The third-order valence-corrected chi connectivity index (χ3v) is 1.74. The Balaban J connectivity index is 2.45. The van der Waals surface area contributed by atoms with Crippen LogP contribution in [0.3, 0.4) is 0 Å². The van der Waals surface area contributed by atoms with Crippen LogP contribution in [0.5, 0.6) is 0 Å². The summed E-state index contributed by atoms with van der Waals surface area (Å²) in [6.07, 6.45) is 11.5. The van der Waals surface area contributed by atoms with Gasteiger partial charge in [-0.2, -0.15) is 0 Å². The van der Waals surface area contributed by atoms with Gasteiger partial charge in [0.05, 0.1) is 0 Å². The van der Waals surface area contributed by atoms with Crippen LogP contribution in [0.1, 0.15) is 0 Å². The molecule has 2 nitrogen and oxygen atoms in total. The van der Waals surface area contributed by atoms with Gasteiger partial charge in [-0.15, -0.1) is 0 Å². The van der Waals surface area contributed by atoms with Crippen molar-refractivity contribution in [1.29, 1.82) is 0 Å². The molecule has 0 aromatic rings. The van der Waals surface area contributed by atoms with Crippen molar-refractivity contribution in [2.45, 2.75) is 0 Å². The van der Waals surface area contributed by atoms with Gasteiger partial charge in [-0.05, 0) is 23.3 Å². The smallest absolute Gasteiger partial charge is 0.103 e. The highest BCUT2D eigenvalue weighted by atomic mass is 16.4. The Morgan fingerprint density at radius 1 is 1.09 bits per heavy atom. The fourth-order valence-electron chi connectivity index (χ4n) is 1.18. The van der Waals surface area contributed by atoms with Crippen LogP contribution in [0.4, 0.5) is 0 Å². The Morgan fingerprint density at radius 2 is 2.00 bits per heavy atom. The lowest BCUT2D eigenvalue weighted by atomic mass is 10.0. The summed E-state index contributed by atoms with van der Waals surface area (Å²) in [4.78, 5) is 0. The van der Waals surface area contributed by atoms with E-state index in [1.54, 1.807) is 6.08 Å². The Morgan fingerprint density at radius 3 is 2.82 bits per heavy atom. The van der Waals surface area contributed by atoms with Gasteiger partial charge in [0.25, 0.3) is 0 Å². The van der Waals surface area contributed by atoms with Gasteiger partial charge in [0, 0.05) is 0 Å². The first-order valence-electron chi connectivity index (χ1n) is 3.41. The van der Waals surface area contributed by atoms with E-state index in [0.29, 0.717) is 5.71 Å². The zero-order chi connectivity index (χ0) is 7.68. The van der Waals surface area contributed by atoms with Gasteiger partial charge in [-0.3, -0.25) is 0 Å². The minimum atomic E-state index is 0.601. The molecule has 54 valence electrons. The standard InChI is InChI=1S/C9H7NO/c11-10-9-5-4-7-2-1-3-8(7)6-9/h1-6,11H. The van der Waals surface area contributed by atoms with Crippen LogP contribution in [0.15, 0.2) is 52.8 Å². The van der Waals surface area contributed by atoms with Crippen molar-refractivity contribution in [1.82, 2.24) is 0 Å². The quantitative estimate of drug-likeness (QED) is 0.409. The predicted octanol–water partition coefficient (Wildman–Crippen LogP) is 1.81. The Kier molecular flexibility index (Phi) is 1.25. The lowest BCUT2D eigenvalue weighted by Crippen LogP contribution is -1.96. The minimum absolute atomic E-state index is 0.601. The second-order valence-electron chi connectivity index (χ2n) is 2.44. The van der Waals surface area contributed by atoms with E-state index in [2.05, 4.69) is 5.16 Å². The van der Waals surface area contributed by atoms with Crippen molar-refractivity contribution < 1.29 is 5.21 Å². The number of allylic oxidation sites excluding steroid dienone is 8. The van der Waals surface area contributed by atoms with Crippen molar-refractivity contribution in [2.24, 2.45) is 5.16 Å². The predicted molar refractivity (Wildman–Crippen MR) is 43.7 cm³/mol. The summed E-state index contributed by atoms with van der Waals surface area (Å²) < 4.78 is 0. The molecule has 0 aliphatic heterocycles. The highest BCUT2D eigenvalue weighted by Gasteiger charge is 2.08. The molecule has 0 aromatic carbocycles. The Bertz CT molecular complexity index is 329. The van der Waals surface area contributed by atoms with Gasteiger partial charge >= 0.3 is 0 Å². The van der Waals surface area contributed by atoms with Crippen molar-refractivity contribution in [3.63, 3.8) is 0 Å². The summed E-state index contributed by atoms with van der Waals surface area (Å²) in [5.74, 6) is 0. The molecule has 0 amide bonds. The van der Waals surface area contributed by atoms with Gasteiger partial charge in [-0.25, -0.2) is 0 Å². The van der Waals surface area contributed by atoms with Crippen molar-refractivity contribution in [2.75, 3.05) is 0 Å². The Hall–Kier alpha value is -1.57. The van der Waals surface area contributed by atoms with Gasteiger partial charge in [0.15, 0.2) is 0 Å². The first kappa shape index (κ1) is 6.16. The van der Waals surface area contributed by atoms with Crippen LogP contribution < -0.4 is 0 Å². The van der Waals surface area contributed by atoms with E-state index in [0.717, 1.165) is 5.57 Å². The molecule has 2 aliphatic rings. The number of hydrogen-bond acceptors (Lipinski definition) is 2. The first-order valence-corrected chi connectivity index (χ1v) is 3.41. The number of hydrogen-bond donors (Lipinski definition) is 1. The molecular formula is C9H7NO. The summed E-state index contributed by atoms with van der Waals surface area (Å²) in [7, 11) is 0. The summed E-state index contributed by atoms with van der Waals surface area (Å²) in [5.41, 5.74) is 2.89. The zero-order valence-electron chi connectivity index (χ0n) is 5.86. The molecule has 0 fully saturated rings. The molecule has 2 aliphatic carbocycles. The first-order chi connectivity index (χ1) is 5.40. The molecule has 0 spiro atoms. The second kappa shape index (κ2) is 2.23. The average molecular weight is 145 g/mol. The highest BCUT2D eigenvalue weighted by Crippen LogP contribution is 2.22. The van der Waals surface area contributed by atoms with Crippen LogP contribution in [0.25, 0.3) is 0 Å². The maximum absolute atomic E-state index is 8.46. The fraction of sp³-hybridized carbons (Fsp3) is 0. The monoisotopic (exact) mass is 145 g/mol. The van der Waals surface area contributed by atoms with E-state index >= 15 is 0 Å². The summed E-state index contributed by atoms with van der Waals surface area (Å²) in [5, 5.41) is 11.6. The molecule has 0 aromatic heterocycles. The number of fused-ring (bicyclic) bond motifs is 1. The average Bonchev–Trinajstić information content (AvgIpc) is 2.50.